The van der Waals surface area contributed by atoms with Gasteiger partial charge in [-0.3, -0.25) is 0 Å². The van der Waals surface area contributed by atoms with E-state index >= 15 is 0 Å². The minimum Gasteiger partial charge on any atom is -0.0623 e. The second kappa shape index (κ2) is 6.17. The van der Waals surface area contributed by atoms with Crippen molar-refractivity contribution >= 4 is 0 Å². The van der Waals surface area contributed by atoms with Gasteiger partial charge in [0, 0.05) is 0 Å². The zero-order valence-electron chi connectivity index (χ0n) is 6.93. The smallest absolute Gasteiger partial charge is 0.0623 e. The van der Waals surface area contributed by atoms with Gasteiger partial charge in [-0.05, 0) is 0 Å². The number of hydrogen-bond donors (Lipinski definition) is 0. The predicted molar refractivity (Wildman–Crippen MR) is 54.8 cm³/mol. The van der Waals surface area contributed by atoms with Gasteiger partial charge in [0.25, 0.3) is 0 Å². The van der Waals surface area contributed by atoms with E-state index < -0.39 is 0 Å². The van der Waals surface area contributed by atoms with Crippen LogP contribution in [-0.2, 0) is 0 Å². The van der Waals surface area contributed by atoms with Crippen molar-refractivity contribution in [1.82, 2.24) is 0 Å². The molecule has 1 rings (SSSR count). The van der Waals surface area contributed by atoms with Crippen LogP contribution in [0.25, 0.3) is 0 Å². The molecule has 60 valence electrons. The molecule has 1 aliphatic rings. The highest BCUT2D eigenvalue weighted by Crippen LogP contribution is 1.87. The highest BCUT2D eigenvalue weighted by Gasteiger charge is 1.65. The maximum atomic E-state index is 2.00. The van der Waals surface area contributed by atoms with Gasteiger partial charge in [-0.25, -0.2) is 0 Å². The molecule has 0 fully saturated rings. The van der Waals surface area contributed by atoms with E-state index in [9.17, 15) is 0 Å². The summed E-state index contributed by atoms with van der Waals surface area (Å²) in [6, 6.07) is 0. The molecule has 0 spiro atoms. The third kappa shape index (κ3) is 4.29. The average molecular weight is 156 g/mol. The Morgan fingerprint density at radius 2 is 0.250 bits per heavy atom. The molecule has 0 aromatic heterocycles. The lowest BCUT2D eigenvalue weighted by atomic mass is 10.3. The molecule has 0 atom stereocenters. The molecule has 0 saturated carbocycles. The Bertz CT molecular complexity index is 169. The van der Waals surface area contributed by atoms with Crippen molar-refractivity contribution in [2.75, 3.05) is 0 Å². The molecule has 0 heterocycles. The molecule has 0 radical (unpaired) electrons. The van der Waals surface area contributed by atoms with Gasteiger partial charge in [0.1, 0.15) is 0 Å². The predicted octanol–water partition coefficient (Wildman–Crippen LogP) is 3.34. The summed E-state index contributed by atoms with van der Waals surface area (Å²) in [5.41, 5.74) is 0. The minimum atomic E-state index is 2.00. The fraction of sp³-hybridized carbons (Fsp3) is 0. The topological polar surface area (TPSA) is 0 Å². The second-order valence-corrected chi connectivity index (χ2v) is 2.31. The van der Waals surface area contributed by atoms with Crippen molar-refractivity contribution in [3.63, 3.8) is 0 Å². The van der Waals surface area contributed by atoms with Crippen LogP contribution in [0.5, 0.6) is 0 Å². The molecule has 0 bridgehead atoms. The van der Waals surface area contributed by atoms with Crippen molar-refractivity contribution in [2.45, 2.75) is 0 Å². The molecule has 0 amide bonds. The first-order valence-corrected chi connectivity index (χ1v) is 4.00. The summed E-state index contributed by atoms with van der Waals surface area (Å²) >= 11 is 0. The van der Waals surface area contributed by atoms with E-state index in [2.05, 4.69) is 0 Å². The molecular formula is C12H12. The molecule has 1 aliphatic carbocycles. The average Bonchev–Trinajstić information content (AvgIpc) is 2.05. The summed E-state index contributed by atoms with van der Waals surface area (Å²) in [6.07, 6.45) is 24.0. The van der Waals surface area contributed by atoms with Gasteiger partial charge < -0.3 is 0 Å². The van der Waals surface area contributed by atoms with Crippen molar-refractivity contribution in [1.29, 1.82) is 0 Å². The molecule has 0 unspecified atom stereocenters. The van der Waals surface area contributed by atoms with Crippen LogP contribution in [0, 0.1) is 0 Å². The van der Waals surface area contributed by atoms with E-state index in [0.29, 0.717) is 0 Å². The number of hydrogen-bond acceptors (Lipinski definition) is 0. The second-order valence-electron chi connectivity index (χ2n) is 2.31. The van der Waals surface area contributed by atoms with Crippen LogP contribution in [0.3, 0.4) is 0 Å². The van der Waals surface area contributed by atoms with Gasteiger partial charge in [0.2, 0.25) is 0 Å². The molecule has 0 nitrogen and oxygen atoms in total. The Labute approximate surface area is 73.6 Å². The Balaban J connectivity index is 2.67. The van der Waals surface area contributed by atoms with Crippen LogP contribution < -0.4 is 0 Å². The van der Waals surface area contributed by atoms with Crippen LogP contribution >= 0.6 is 0 Å². The standard InChI is InChI=1S/C12H12/c1-2-4-6-8-10-12-11-9-7-5-3-1/h1-12H/b2-1+,3-1?,4-2?,5-3+,6-4+,7-5?,8-6?,9-7+,10-8+,11-9?,12-10?,12-11+. The maximum absolute atomic E-state index is 2.00. The lowest BCUT2D eigenvalue weighted by Gasteiger charge is -1.77. The van der Waals surface area contributed by atoms with E-state index in [0.717, 1.165) is 0 Å². The van der Waals surface area contributed by atoms with Crippen LogP contribution in [0.1, 0.15) is 0 Å². The van der Waals surface area contributed by atoms with E-state index in [1.165, 1.54) is 0 Å². The zero-order chi connectivity index (χ0) is 8.49. The van der Waals surface area contributed by atoms with Gasteiger partial charge in [0.15, 0.2) is 0 Å². The molecule has 0 N–H and O–H groups in total. The highest BCUT2D eigenvalue weighted by atomic mass is 13.7. The summed E-state index contributed by atoms with van der Waals surface area (Å²) < 4.78 is 0. The summed E-state index contributed by atoms with van der Waals surface area (Å²) in [5.74, 6) is 0. The van der Waals surface area contributed by atoms with Gasteiger partial charge in [-0.2, -0.15) is 0 Å². The summed E-state index contributed by atoms with van der Waals surface area (Å²) in [6.45, 7) is 0. The van der Waals surface area contributed by atoms with E-state index in [4.69, 9.17) is 0 Å². The van der Waals surface area contributed by atoms with Gasteiger partial charge in [0.05, 0.1) is 0 Å². The van der Waals surface area contributed by atoms with Crippen LogP contribution in [0.4, 0.5) is 0 Å². The fourth-order valence-corrected chi connectivity index (χ4v) is 0.770. The monoisotopic (exact) mass is 156 g/mol. The molecule has 0 aliphatic heterocycles. The van der Waals surface area contributed by atoms with E-state index in [1.807, 2.05) is 72.9 Å². The minimum absolute atomic E-state index is 2.00. The van der Waals surface area contributed by atoms with Gasteiger partial charge in [-0.1, -0.05) is 72.9 Å². The lowest BCUT2D eigenvalue weighted by molar-refractivity contribution is 1.81. The molecule has 0 heteroatoms. The first-order chi connectivity index (χ1) is 6.00. The normalized spacial score (nSPS) is 32.0. The first kappa shape index (κ1) is 8.54. The third-order valence-electron chi connectivity index (χ3n) is 1.33. The summed E-state index contributed by atoms with van der Waals surface area (Å²) in [7, 11) is 0. The largest absolute Gasteiger partial charge is 0.0623 e. The quantitative estimate of drug-likeness (QED) is 0.504. The molecule has 0 saturated heterocycles. The maximum Gasteiger partial charge on any atom is -0.0623 e. The Hall–Kier alpha value is -1.56. The Kier molecular flexibility index (Phi) is 4.39. The van der Waals surface area contributed by atoms with Crippen molar-refractivity contribution in [2.24, 2.45) is 0 Å². The lowest BCUT2D eigenvalue weighted by Crippen LogP contribution is -1.55. The van der Waals surface area contributed by atoms with Gasteiger partial charge in [-0.15, -0.1) is 0 Å². The summed E-state index contributed by atoms with van der Waals surface area (Å²) in [4.78, 5) is 0. The van der Waals surface area contributed by atoms with Crippen molar-refractivity contribution in [3.8, 4) is 0 Å². The zero-order valence-corrected chi connectivity index (χ0v) is 6.93. The molecule has 12 heavy (non-hydrogen) atoms. The fourth-order valence-electron chi connectivity index (χ4n) is 0.770. The SMILES string of the molecule is C1=C/C=C/C=C/C=C/C=C/C=C/1. The summed E-state index contributed by atoms with van der Waals surface area (Å²) in [5, 5.41) is 0. The number of allylic oxidation sites excluding steroid dienone is 12. The van der Waals surface area contributed by atoms with Crippen molar-refractivity contribution in [3.05, 3.63) is 72.9 Å². The molecule has 0 aromatic rings. The van der Waals surface area contributed by atoms with E-state index in [1.54, 1.807) is 0 Å². The van der Waals surface area contributed by atoms with Crippen LogP contribution in [-0.4, -0.2) is 0 Å². The van der Waals surface area contributed by atoms with Gasteiger partial charge >= 0.3 is 0 Å². The highest BCUT2D eigenvalue weighted by molar-refractivity contribution is 5.23. The van der Waals surface area contributed by atoms with E-state index in [-0.39, 0.29) is 0 Å². The first-order valence-electron chi connectivity index (χ1n) is 4.00. The van der Waals surface area contributed by atoms with Crippen LogP contribution in [0.15, 0.2) is 72.9 Å². The van der Waals surface area contributed by atoms with Crippen LogP contribution in [0.2, 0.25) is 0 Å². The third-order valence-corrected chi connectivity index (χ3v) is 1.33. The Morgan fingerprint density at radius 3 is 0.333 bits per heavy atom. The molecular weight excluding hydrogens is 144 g/mol. The van der Waals surface area contributed by atoms with Crippen molar-refractivity contribution < 1.29 is 0 Å². The Morgan fingerprint density at radius 1 is 0.167 bits per heavy atom. The number of rotatable bonds is 0. The molecule has 0 aromatic carbocycles.